The number of fused-ring (bicyclic) bond motifs is 1. The Labute approximate surface area is 110 Å². The highest BCUT2D eigenvalue weighted by atomic mass is 14.9. The number of hydrogen-bond acceptors (Lipinski definition) is 2. The number of benzene rings is 1. The normalized spacial score (nSPS) is 20.0. The lowest BCUT2D eigenvalue weighted by molar-refractivity contribution is 0.377. The first-order valence-corrected chi connectivity index (χ1v) is 6.84. The molecule has 1 aromatic rings. The molecule has 1 aliphatic rings. The van der Waals surface area contributed by atoms with Gasteiger partial charge in [-0.1, -0.05) is 37.8 Å². The van der Waals surface area contributed by atoms with Crippen molar-refractivity contribution in [2.24, 2.45) is 5.92 Å². The van der Waals surface area contributed by atoms with Gasteiger partial charge in [-0.25, -0.2) is 0 Å². The van der Waals surface area contributed by atoms with Crippen LogP contribution in [0, 0.1) is 5.92 Å². The van der Waals surface area contributed by atoms with E-state index >= 15 is 0 Å². The Hall–Kier alpha value is -1.28. The summed E-state index contributed by atoms with van der Waals surface area (Å²) in [6.07, 6.45) is 2.38. The minimum absolute atomic E-state index is 0.613. The molecule has 2 nitrogen and oxygen atoms in total. The van der Waals surface area contributed by atoms with Crippen LogP contribution in [0.1, 0.15) is 31.4 Å². The fraction of sp³-hybridized carbons (Fsp3) is 0.500. The van der Waals surface area contributed by atoms with Crippen LogP contribution in [-0.2, 0) is 13.0 Å². The van der Waals surface area contributed by atoms with Crippen molar-refractivity contribution in [2.45, 2.75) is 39.3 Å². The Kier molecular flexibility index (Phi) is 4.43. The molecule has 2 heteroatoms. The predicted molar refractivity (Wildman–Crippen MR) is 77.4 cm³/mol. The van der Waals surface area contributed by atoms with Crippen LogP contribution in [0.25, 0.3) is 0 Å². The van der Waals surface area contributed by atoms with Gasteiger partial charge in [0.05, 0.1) is 0 Å². The molecule has 0 saturated heterocycles. The molecule has 0 saturated carbocycles. The molecule has 2 rings (SSSR count). The zero-order valence-corrected chi connectivity index (χ0v) is 11.5. The quantitative estimate of drug-likeness (QED) is 0.832. The monoisotopic (exact) mass is 244 g/mol. The van der Waals surface area contributed by atoms with Crippen LogP contribution in [0.15, 0.2) is 36.5 Å². The molecule has 1 aliphatic heterocycles. The van der Waals surface area contributed by atoms with Crippen molar-refractivity contribution in [1.82, 2.24) is 10.6 Å². The average molecular weight is 244 g/mol. The highest BCUT2D eigenvalue weighted by Crippen LogP contribution is 2.19. The molecule has 98 valence electrons. The van der Waals surface area contributed by atoms with Crippen molar-refractivity contribution in [3.05, 3.63) is 47.7 Å². The summed E-state index contributed by atoms with van der Waals surface area (Å²) in [5.41, 5.74) is 4.03. The summed E-state index contributed by atoms with van der Waals surface area (Å²) in [5.74, 6) is 0.671. The summed E-state index contributed by atoms with van der Waals surface area (Å²) in [4.78, 5) is 0. The second kappa shape index (κ2) is 6.05. The summed E-state index contributed by atoms with van der Waals surface area (Å²) in [5, 5.41) is 6.98. The molecule has 0 aliphatic carbocycles. The highest BCUT2D eigenvalue weighted by molar-refractivity contribution is 5.29. The Morgan fingerprint density at radius 1 is 1.44 bits per heavy atom. The Morgan fingerprint density at radius 2 is 2.17 bits per heavy atom. The summed E-state index contributed by atoms with van der Waals surface area (Å²) in [6.45, 7) is 10.2. The Bertz CT molecular complexity index is 411. The number of allylic oxidation sites excluding steroid dienone is 1. The molecule has 0 amide bonds. The van der Waals surface area contributed by atoms with Crippen LogP contribution in [-0.4, -0.2) is 12.6 Å². The van der Waals surface area contributed by atoms with Gasteiger partial charge < -0.3 is 10.6 Å². The van der Waals surface area contributed by atoms with Gasteiger partial charge in [0.2, 0.25) is 0 Å². The number of rotatable bonds is 5. The van der Waals surface area contributed by atoms with E-state index in [-0.39, 0.29) is 0 Å². The van der Waals surface area contributed by atoms with Gasteiger partial charge >= 0.3 is 0 Å². The molecule has 2 unspecified atom stereocenters. The maximum absolute atomic E-state index is 3.88. The largest absolute Gasteiger partial charge is 0.389 e. The zero-order chi connectivity index (χ0) is 13.0. The molecule has 0 radical (unpaired) electrons. The van der Waals surface area contributed by atoms with Crippen molar-refractivity contribution >= 4 is 0 Å². The van der Waals surface area contributed by atoms with Crippen LogP contribution in [0.3, 0.4) is 0 Å². The highest BCUT2D eigenvalue weighted by Gasteiger charge is 2.19. The van der Waals surface area contributed by atoms with E-state index < -0.39 is 0 Å². The van der Waals surface area contributed by atoms with Gasteiger partial charge in [0, 0.05) is 24.8 Å². The number of nitrogens with one attached hydrogen (secondary N) is 2. The van der Waals surface area contributed by atoms with E-state index in [9.17, 15) is 0 Å². The maximum atomic E-state index is 3.88. The minimum atomic E-state index is 0.613. The van der Waals surface area contributed by atoms with Crippen molar-refractivity contribution in [3.63, 3.8) is 0 Å². The van der Waals surface area contributed by atoms with E-state index in [0.717, 1.165) is 25.2 Å². The molecule has 1 aromatic carbocycles. The Morgan fingerprint density at radius 3 is 2.89 bits per heavy atom. The lowest BCUT2D eigenvalue weighted by Gasteiger charge is -2.28. The molecule has 18 heavy (non-hydrogen) atoms. The first kappa shape index (κ1) is 13.2. The van der Waals surface area contributed by atoms with Crippen LogP contribution in [0.5, 0.6) is 0 Å². The van der Waals surface area contributed by atoms with Crippen LogP contribution >= 0.6 is 0 Å². The third-order valence-corrected chi connectivity index (χ3v) is 3.61. The van der Waals surface area contributed by atoms with E-state index in [2.05, 4.69) is 48.4 Å². The van der Waals surface area contributed by atoms with E-state index in [1.54, 1.807) is 0 Å². The Balaban J connectivity index is 1.84. The summed E-state index contributed by atoms with van der Waals surface area (Å²) >= 11 is 0. The van der Waals surface area contributed by atoms with E-state index in [1.165, 1.54) is 17.5 Å². The van der Waals surface area contributed by atoms with Gasteiger partial charge in [-0.05, 0) is 36.8 Å². The smallest absolute Gasteiger partial charge is 0.0210 e. The average Bonchev–Trinajstić information content (AvgIpc) is 2.36. The van der Waals surface area contributed by atoms with Gasteiger partial charge in [0.15, 0.2) is 0 Å². The van der Waals surface area contributed by atoms with Crippen LogP contribution < -0.4 is 10.6 Å². The molecule has 0 fully saturated rings. The lowest BCUT2D eigenvalue weighted by atomic mass is 9.90. The first-order valence-electron chi connectivity index (χ1n) is 6.84. The third kappa shape index (κ3) is 3.61. The molecule has 1 heterocycles. The van der Waals surface area contributed by atoms with Gasteiger partial charge in [-0.3, -0.25) is 0 Å². The van der Waals surface area contributed by atoms with Crippen LogP contribution in [0.4, 0.5) is 0 Å². The van der Waals surface area contributed by atoms with E-state index in [4.69, 9.17) is 0 Å². The van der Waals surface area contributed by atoms with Gasteiger partial charge in [0.25, 0.3) is 0 Å². The van der Waals surface area contributed by atoms with Crippen molar-refractivity contribution in [2.75, 3.05) is 6.54 Å². The summed E-state index contributed by atoms with van der Waals surface area (Å²) in [7, 11) is 0. The molecular weight excluding hydrogens is 220 g/mol. The molecule has 2 atom stereocenters. The number of hydrogen-bond donors (Lipinski definition) is 2. The van der Waals surface area contributed by atoms with E-state index in [0.29, 0.717) is 12.0 Å². The summed E-state index contributed by atoms with van der Waals surface area (Å²) < 4.78 is 0. The topological polar surface area (TPSA) is 24.1 Å². The fourth-order valence-electron chi connectivity index (χ4n) is 2.61. The molecule has 0 spiro atoms. The zero-order valence-electron chi connectivity index (χ0n) is 11.5. The van der Waals surface area contributed by atoms with Crippen molar-refractivity contribution in [1.29, 1.82) is 0 Å². The standard InChI is InChI=1S/C16H24N2/c1-12(2)17-10-13(3)8-16-9-14-6-4-5-7-15(14)11-18-16/h4-7,13,16-18H,1,8-11H2,2-3H3. The third-order valence-electron chi connectivity index (χ3n) is 3.61. The lowest BCUT2D eigenvalue weighted by Crippen LogP contribution is -2.38. The van der Waals surface area contributed by atoms with Gasteiger partial charge in [-0.15, -0.1) is 0 Å². The molecule has 0 aromatic heterocycles. The van der Waals surface area contributed by atoms with E-state index in [1.807, 2.05) is 6.92 Å². The van der Waals surface area contributed by atoms with Crippen molar-refractivity contribution in [3.8, 4) is 0 Å². The SMILES string of the molecule is C=C(C)NCC(C)CC1Cc2ccccc2CN1. The second-order valence-electron chi connectivity index (χ2n) is 5.55. The van der Waals surface area contributed by atoms with Crippen LogP contribution in [0.2, 0.25) is 0 Å². The maximum Gasteiger partial charge on any atom is 0.0210 e. The molecular formula is C16H24N2. The minimum Gasteiger partial charge on any atom is -0.389 e. The summed E-state index contributed by atoms with van der Waals surface area (Å²) in [6, 6.07) is 9.37. The fourth-order valence-corrected chi connectivity index (χ4v) is 2.61. The van der Waals surface area contributed by atoms with Crippen molar-refractivity contribution < 1.29 is 0 Å². The second-order valence-corrected chi connectivity index (χ2v) is 5.55. The molecule has 2 N–H and O–H groups in total. The van der Waals surface area contributed by atoms with Gasteiger partial charge in [-0.2, -0.15) is 0 Å². The molecule has 0 bridgehead atoms. The first-order chi connectivity index (χ1) is 8.65. The van der Waals surface area contributed by atoms with Gasteiger partial charge in [0.1, 0.15) is 0 Å². The predicted octanol–water partition coefficient (Wildman–Crippen LogP) is 2.85.